The first kappa shape index (κ1) is 18.7. The van der Waals surface area contributed by atoms with Crippen molar-refractivity contribution < 1.29 is 9.59 Å². The minimum Gasteiger partial charge on any atom is -0.343 e. The fourth-order valence-electron chi connectivity index (χ4n) is 4.58. The molecule has 2 aromatic rings. The van der Waals surface area contributed by atoms with Gasteiger partial charge in [0.25, 0.3) is 0 Å². The van der Waals surface area contributed by atoms with Crippen LogP contribution in [0.15, 0.2) is 54.6 Å². The predicted octanol–water partition coefficient (Wildman–Crippen LogP) is 2.48. The number of likely N-dealkylation sites (N-methyl/N-ethyl adjacent to an activating group) is 1. The van der Waals surface area contributed by atoms with Crippen molar-refractivity contribution in [2.45, 2.75) is 37.1 Å². The second-order valence-corrected chi connectivity index (χ2v) is 8.02. The van der Waals surface area contributed by atoms with Gasteiger partial charge in [-0.1, -0.05) is 48.5 Å². The molecular formula is C23H27N3O2. The molecule has 2 N–H and O–H groups in total. The second-order valence-electron chi connectivity index (χ2n) is 8.02. The van der Waals surface area contributed by atoms with E-state index in [0.29, 0.717) is 19.5 Å². The number of amides is 2. The molecule has 0 bridgehead atoms. The highest BCUT2D eigenvalue weighted by Crippen LogP contribution is 2.45. The van der Waals surface area contributed by atoms with Crippen molar-refractivity contribution in [2.75, 3.05) is 25.0 Å². The molecule has 0 aliphatic carbocycles. The molecule has 0 saturated carbocycles. The average Bonchev–Trinajstić information content (AvgIpc) is 2.92. The molecule has 146 valence electrons. The van der Waals surface area contributed by atoms with E-state index >= 15 is 0 Å². The molecule has 0 spiro atoms. The van der Waals surface area contributed by atoms with Crippen molar-refractivity contribution in [2.24, 2.45) is 5.73 Å². The summed E-state index contributed by atoms with van der Waals surface area (Å²) in [6, 6.07) is 18.0. The lowest BCUT2D eigenvalue weighted by molar-refractivity contribution is -0.137. The molecule has 1 unspecified atom stereocenters. The summed E-state index contributed by atoms with van der Waals surface area (Å²) < 4.78 is 0. The Hall–Kier alpha value is -2.66. The molecule has 2 aliphatic heterocycles. The second kappa shape index (κ2) is 7.40. The van der Waals surface area contributed by atoms with Crippen LogP contribution in [0.5, 0.6) is 0 Å². The first-order valence-corrected chi connectivity index (χ1v) is 9.96. The van der Waals surface area contributed by atoms with E-state index in [2.05, 4.69) is 0 Å². The smallest absolute Gasteiger partial charge is 0.238 e. The monoisotopic (exact) mass is 377 g/mol. The van der Waals surface area contributed by atoms with E-state index in [1.54, 1.807) is 11.9 Å². The van der Waals surface area contributed by atoms with Crippen LogP contribution in [0.25, 0.3) is 0 Å². The fourth-order valence-corrected chi connectivity index (χ4v) is 4.58. The number of para-hydroxylation sites is 1. The Bertz CT molecular complexity index is 874. The Kier molecular flexibility index (Phi) is 4.94. The third-order valence-corrected chi connectivity index (χ3v) is 6.19. The van der Waals surface area contributed by atoms with E-state index in [4.69, 9.17) is 5.73 Å². The van der Waals surface area contributed by atoms with Crippen LogP contribution in [0.2, 0.25) is 0 Å². The van der Waals surface area contributed by atoms with Crippen LogP contribution >= 0.6 is 0 Å². The van der Waals surface area contributed by atoms with Crippen LogP contribution in [0.4, 0.5) is 5.69 Å². The number of nitrogens with two attached hydrogens (primary N) is 1. The van der Waals surface area contributed by atoms with Crippen molar-refractivity contribution in [1.29, 1.82) is 0 Å². The zero-order chi connectivity index (χ0) is 19.7. The van der Waals surface area contributed by atoms with E-state index in [1.165, 1.54) is 0 Å². The first-order valence-electron chi connectivity index (χ1n) is 9.96. The Morgan fingerprint density at radius 3 is 2.43 bits per heavy atom. The van der Waals surface area contributed by atoms with Crippen molar-refractivity contribution >= 4 is 17.5 Å². The topological polar surface area (TPSA) is 66.6 Å². The number of piperidine rings is 1. The number of benzene rings is 2. The van der Waals surface area contributed by atoms with Gasteiger partial charge in [-0.2, -0.15) is 0 Å². The quantitative estimate of drug-likeness (QED) is 0.890. The maximum Gasteiger partial charge on any atom is 0.238 e. The minimum atomic E-state index is -0.858. The Morgan fingerprint density at radius 1 is 1.07 bits per heavy atom. The number of hydrogen-bond acceptors (Lipinski definition) is 3. The van der Waals surface area contributed by atoms with Crippen molar-refractivity contribution in [3.05, 3.63) is 65.7 Å². The maximum absolute atomic E-state index is 13.5. The van der Waals surface area contributed by atoms with Crippen molar-refractivity contribution in [3.63, 3.8) is 0 Å². The standard InChI is InChI=1S/C23H27N3O2/c1-25-20-10-6-5-9-19(20)23(22(25)28,15-17-7-3-2-4-8-17)16-21(27)26-13-11-18(24)12-14-26/h2-10,18H,11-16,24H2,1H3. The predicted molar refractivity (Wildman–Crippen MR) is 110 cm³/mol. The number of hydrogen-bond donors (Lipinski definition) is 1. The van der Waals surface area contributed by atoms with Crippen LogP contribution < -0.4 is 10.6 Å². The third-order valence-electron chi connectivity index (χ3n) is 6.19. The first-order chi connectivity index (χ1) is 13.5. The molecule has 0 aromatic heterocycles. The molecule has 2 aliphatic rings. The van der Waals surface area contributed by atoms with Gasteiger partial charge in [0.15, 0.2) is 0 Å². The van der Waals surface area contributed by atoms with Crippen molar-refractivity contribution in [1.82, 2.24) is 4.90 Å². The van der Waals surface area contributed by atoms with Crippen LogP contribution in [-0.2, 0) is 21.4 Å². The molecule has 5 heteroatoms. The number of anilines is 1. The molecule has 1 fully saturated rings. The lowest BCUT2D eigenvalue weighted by atomic mass is 9.73. The van der Waals surface area contributed by atoms with E-state index in [1.807, 2.05) is 59.5 Å². The highest BCUT2D eigenvalue weighted by Gasteiger charge is 2.51. The van der Waals surface area contributed by atoms with Crippen LogP contribution in [-0.4, -0.2) is 42.9 Å². The number of fused-ring (bicyclic) bond motifs is 1. The van der Waals surface area contributed by atoms with Gasteiger partial charge in [-0.3, -0.25) is 9.59 Å². The molecule has 28 heavy (non-hydrogen) atoms. The number of rotatable bonds is 4. The van der Waals surface area contributed by atoms with Crippen molar-refractivity contribution in [3.8, 4) is 0 Å². The van der Waals surface area contributed by atoms with Gasteiger partial charge < -0.3 is 15.5 Å². The Balaban J connectivity index is 1.71. The summed E-state index contributed by atoms with van der Waals surface area (Å²) in [7, 11) is 1.80. The lowest BCUT2D eigenvalue weighted by Gasteiger charge is -2.34. The van der Waals surface area contributed by atoms with E-state index in [0.717, 1.165) is 29.7 Å². The molecule has 2 heterocycles. The van der Waals surface area contributed by atoms with Crippen LogP contribution in [0, 0.1) is 0 Å². The molecule has 1 atom stereocenters. The van der Waals surface area contributed by atoms with Gasteiger partial charge in [0.05, 0.1) is 5.41 Å². The molecule has 2 aromatic carbocycles. The van der Waals surface area contributed by atoms with E-state index in [-0.39, 0.29) is 24.3 Å². The summed E-state index contributed by atoms with van der Waals surface area (Å²) in [6.07, 6.45) is 2.36. The summed E-state index contributed by atoms with van der Waals surface area (Å²) in [5.74, 6) is 0.0425. The van der Waals surface area contributed by atoms with Gasteiger partial charge in [0.1, 0.15) is 0 Å². The number of carbonyl (C=O) groups is 2. The summed E-state index contributed by atoms with van der Waals surface area (Å²) in [6.45, 7) is 1.35. The highest BCUT2D eigenvalue weighted by molar-refractivity contribution is 6.09. The zero-order valence-electron chi connectivity index (χ0n) is 16.3. The summed E-state index contributed by atoms with van der Waals surface area (Å²) in [5.41, 5.74) is 8.05. The van der Waals surface area contributed by atoms with Gasteiger partial charge in [-0.25, -0.2) is 0 Å². The SMILES string of the molecule is CN1C(=O)C(CC(=O)N2CCC(N)CC2)(Cc2ccccc2)c2ccccc21. The Morgan fingerprint density at radius 2 is 1.71 bits per heavy atom. The van der Waals surface area contributed by atoms with E-state index in [9.17, 15) is 9.59 Å². The summed E-state index contributed by atoms with van der Waals surface area (Å²) in [5, 5.41) is 0. The lowest BCUT2D eigenvalue weighted by Crippen LogP contribution is -2.48. The number of likely N-dealkylation sites (tertiary alicyclic amines) is 1. The molecule has 5 nitrogen and oxygen atoms in total. The van der Waals surface area contributed by atoms with Gasteiger partial charge in [-0.05, 0) is 36.5 Å². The molecule has 2 amide bonds. The highest BCUT2D eigenvalue weighted by atomic mass is 16.2. The maximum atomic E-state index is 13.5. The third kappa shape index (κ3) is 3.20. The minimum absolute atomic E-state index is 0.000358. The molecular weight excluding hydrogens is 350 g/mol. The average molecular weight is 377 g/mol. The summed E-state index contributed by atoms with van der Waals surface area (Å²) >= 11 is 0. The number of nitrogens with zero attached hydrogens (tertiary/aromatic N) is 2. The van der Waals surface area contributed by atoms with Gasteiger partial charge >= 0.3 is 0 Å². The Labute approximate surface area is 166 Å². The molecule has 4 rings (SSSR count). The normalized spacial score (nSPS) is 22.4. The van der Waals surface area contributed by atoms with Gasteiger partial charge in [0.2, 0.25) is 11.8 Å². The molecule has 1 saturated heterocycles. The van der Waals surface area contributed by atoms with Gasteiger partial charge in [-0.15, -0.1) is 0 Å². The number of carbonyl (C=O) groups excluding carboxylic acids is 2. The van der Waals surface area contributed by atoms with Crippen LogP contribution in [0.3, 0.4) is 0 Å². The molecule has 0 radical (unpaired) electrons. The summed E-state index contributed by atoms with van der Waals surface area (Å²) in [4.78, 5) is 30.3. The zero-order valence-corrected chi connectivity index (χ0v) is 16.3. The largest absolute Gasteiger partial charge is 0.343 e. The van der Waals surface area contributed by atoms with Crippen LogP contribution in [0.1, 0.15) is 30.4 Å². The van der Waals surface area contributed by atoms with E-state index < -0.39 is 5.41 Å². The fraction of sp³-hybridized carbons (Fsp3) is 0.391. The van der Waals surface area contributed by atoms with Gasteiger partial charge in [0, 0.05) is 38.3 Å².